The summed E-state index contributed by atoms with van der Waals surface area (Å²) in [5.41, 5.74) is 3.10. The molecule has 0 radical (unpaired) electrons. The zero-order valence-corrected chi connectivity index (χ0v) is 22.1. The number of carbonyl (C=O) groups excluding carboxylic acids is 1. The van der Waals surface area contributed by atoms with Gasteiger partial charge < -0.3 is 19.4 Å². The Kier molecular flexibility index (Phi) is 8.52. The van der Waals surface area contributed by atoms with E-state index < -0.39 is 0 Å². The maximum Gasteiger partial charge on any atom is 0.275 e. The van der Waals surface area contributed by atoms with Gasteiger partial charge in [0.15, 0.2) is 0 Å². The molecule has 4 rings (SSSR count). The van der Waals surface area contributed by atoms with Crippen molar-refractivity contribution in [2.75, 3.05) is 20.2 Å². The van der Waals surface area contributed by atoms with Crippen molar-refractivity contribution in [2.24, 2.45) is 0 Å². The summed E-state index contributed by atoms with van der Waals surface area (Å²) in [6.07, 6.45) is 11.2. The number of aryl methyl sites for hydroxylation is 1. The van der Waals surface area contributed by atoms with Crippen LogP contribution in [0, 0.1) is 0 Å². The Morgan fingerprint density at radius 1 is 1.17 bits per heavy atom. The van der Waals surface area contributed by atoms with E-state index in [4.69, 9.17) is 4.74 Å². The number of rotatable bonds is 10. The first-order chi connectivity index (χ1) is 17.4. The van der Waals surface area contributed by atoms with Gasteiger partial charge in [-0.15, -0.1) is 0 Å². The molecule has 1 atom stereocenters. The molecule has 1 saturated heterocycles. The van der Waals surface area contributed by atoms with Gasteiger partial charge in [-0.2, -0.15) is 0 Å². The number of nitrogens with zero attached hydrogens (tertiary/aromatic N) is 3. The maximum atomic E-state index is 13.6. The third kappa shape index (κ3) is 6.19. The Hall–Kier alpha value is -3.06. The molecule has 7 heteroatoms. The number of hydrogen-bond donors (Lipinski definition) is 1. The number of likely N-dealkylation sites (tertiary alicyclic amines) is 1. The first-order valence-corrected chi connectivity index (χ1v) is 13.3. The fourth-order valence-corrected chi connectivity index (χ4v) is 5.22. The van der Waals surface area contributed by atoms with Crippen LogP contribution in [0.15, 0.2) is 47.5 Å². The lowest BCUT2D eigenvalue weighted by Crippen LogP contribution is -2.37. The van der Waals surface area contributed by atoms with Gasteiger partial charge in [0, 0.05) is 30.0 Å². The van der Waals surface area contributed by atoms with Crippen molar-refractivity contribution < 1.29 is 9.53 Å². The number of aromatic nitrogens is 2. The standard InChI is InChI=1S/C29H40N4O3/c1-21(2)30-28(34)20-33-27(24-12-9-13-25(17-24)36-4)19-32-18-23(16-26(32)29(33)35)11-6-8-15-31-14-7-5-10-22(31)3/h9,12-13,16-19,21-22H,5-8,10-11,14-15,20H2,1-4H3,(H,30,34)/t22-/m0/s1. The topological polar surface area (TPSA) is 68.0 Å². The lowest BCUT2D eigenvalue weighted by Gasteiger charge is -2.33. The Morgan fingerprint density at radius 3 is 2.75 bits per heavy atom. The number of amides is 1. The number of nitrogens with one attached hydrogen (secondary N) is 1. The highest BCUT2D eigenvalue weighted by Gasteiger charge is 2.18. The van der Waals surface area contributed by atoms with Crippen LogP contribution < -0.4 is 15.6 Å². The highest BCUT2D eigenvalue weighted by atomic mass is 16.5. The summed E-state index contributed by atoms with van der Waals surface area (Å²) >= 11 is 0. The van der Waals surface area contributed by atoms with E-state index in [-0.39, 0.29) is 24.1 Å². The zero-order chi connectivity index (χ0) is 25.7. The van der Waals surface area contributed by atoms with Crippen molar-refractivity contribution in [2.45, 2.75) is 77.9 Å². The Balaban J connectivity index is 1.58. The molecule has 0 saturated carbocycles. The second-order valence-electron chi connectivity index (χ2n) is 10.3. The molecule has 1 amide bonds. The minimum absolute atomic E-state index is 0.00466. The predicted octanol–water partition coefficient (Wildman–Crippen LogP) is 4.50. The molecule has 2 aromatic heterocycles. The normalized spacial score (nSPS) is 16.5. The number of methoxy groups -OCH3 is 1. The van der Waals surface area contributed by atoms with Crippen molar-refractivity contribution in [3.63, 3.8) is 0 Å². The number of carbonyl (C=O) groups is 1. The summed E-state index contributed by atoms with van der Waals surface area (Å²) in [5.74, 6) is 0.522. The molecule has 1 fully saturated rings. The van der Waals surface area contributed by atoms with E-state index in [1.807, 2.05) is 54.8 Å². The van der Waals surface area contributed by atoms with Gasteiger partial charge in [0.25, 0.3) is 5.56 Å². The van der Waals surface area contributed by atoms with Gasteiger partial charge in [0.2, 0.25) is 5.91 Å². The number of hydrogen-bond acceptors (Lipinski definition) is 4. The molecule has 3 heterocycles. The van der Waals surface area contributed by atoms with Crippen molar-refractivity contribution in [3.8, 4) is 17.0 Å². The third-order valence-electron chi connectivity index (χ3n) is 7.14. The van der Waals surface area contributed by atoms with Crippen LogP contribution in [0.5, 0.6) is 5.75 Å². The average Bonchev–Trinajstić information content (AvgIpc) is 3.27. The van der Waals surface area contributed by atoms with E-state index in [0.717, 1.165) is 36.9 Å². The van der Waals surface area contributed by atoms with Gasteiger partial charge in [-0.3, -0.25) is 14.2 Å². The summed E-state index contributed by atoms with van der Waals surface area (Å²) in [7, 11) is 1.62. The number of ether oxygens (including phenoxy) is 1. The molecular formula is C29H40N4O3. The van der Waals surface area contributed by atoms with Crippen LogP contribution in [0.1, 0.15) is 58.4 Å². The number of fused-ring (bicyclic) bond motifs is 1. The quantitative estimate of drug-likeness (QED) is 0.423. The Labute approximate surface area is 214 Å². The highest BCUT2D eigenvalue weighted by molar-refractivity contribution is 5.77. The molecular weight excluding hydrogens is 452 g/mol. The summed E-state index contributed by atoms with van der Waals surface area (Å²) in [4.78, 5) is 28.9. The van der Waals surface area contributed by atoms with Crippen LogP contribution in [0.3, 0.4) is 0 Å². The van der Waals surface area contributed by atoms with E-state index in [1.165, 1.54) is 25.8 Å². The molecule has 1 aromatic carbocycles. The van der Waals surface area contributed by atoms with Crippen molar-refractivity contribution >= 4 is 11.4 Å². The molecule has 0 unspecified atom stereocenters. The SMILES string of the molecule is COc1cccc(-c2cn3cc(CCCCN4CCCC[C@@H]4C)cc3c(=O)n2CC(=O)NC(C)C)c1. The zero-order valence-electron chi connectivity index (χ0n) is 22.1. The molecule has 1 aliphatic rings. The molecule has 194 valence electrons. The smallest absolute Gasteiger partial charge is 0.275 e. The molecule has 3 aromatic rings. The van der Waals surface area contributed by atoms with E-state index in [9.17, 15) is 9.59 Å². The van der Waals surface area contributed by atoms with Crippen LogP contribution >= 0.6 is 0 Å². The second kappa shape index (κ2) is 11.8. The number of unbranched alkanes of at least 4 members (excludes halogenated alkanes) is 1. The average molecular weight is 493 g/mol. The van der Waals surface area contributed by atoms with Gasteiger partial charge in [-0.1, -0.05) is 18.6 Å². The molecule has 36 heavy (non-hydrogen) atoms. The molecule has 0 aliphatic carbocycles. The minimum atomic E-state index is -0.181. The fraction of sp³-hybridized carbons (Fsp3) is 0.517. The predicted molar refractivity (Wildman–Crippen MR) is 145 cm³/mol. The minimum Gasteiger partial charge on any atom is -0.497 e. The van der Waals surface area contributed by atoms with Gasteiger partial charge in [-0.05, 0) is 89.7 Å². The molecule has 1 N–H and O–H groups in total. The number of benzene rings is 1. The summed E-state index contributed by atoms with van der Waals surface area (Å²) in [6.45, 7) is 8.50. The van der Waals surface area contributed by atoms with Crippen molar-refractivity contribution in [1.29, 1.82) is 0 Å². The van der Waals surface area contributed by atoms with Crippen molar-refractivity contribution in [3.05, 3.63) is 58.6 Å². The van der Waals surface area contributed by atoms with Crippen LogP contribution in [0.2, 0.25) is 0 Å². The third-order valence-corrected chi connectivity index (χ3v) is 7.14. The monoisotopic (exact) mass is 492 g/mol. The van der Waals surface area contributed by atoms with Crippen LogP contribution in [-0.4, -0.2) is 52.1 Å². The first kappa shape index (κ1) is 26.0. The molecule has 7 nitrogen and oxygen atoms in total. The van der Waals surface area contributed by atoms with E-state index in [1.54, 1.807) is 11.7 Å². The number of piperidine rings is 1. The summed E-state index contributed by atoms with van der Waals surface area (Å²) < 4.78 is 8.89. The summed E-state index contributed by atoms with van der Waals surface area (Å²) in [6, 6.07) is 10.3. The summed E-state index contributed by atoms with van der Waals surface area (Å²) in [5, 5.41) is 2.90. The highest BCUT2D eigenvalue weighted by Crippen LogP contribution is 2.24. The van der Waals surface area contributed by atoms with Gasteiger partial charge in [0.1, 0.15) is 17.8 Å². The maximum absolute atomic E-state index is 13.6. The van der Waals surface area contributed by atoms with Gasteiger partial charge >= 0.3 is 0 Å². The van der Waals surface area contributed by atoms with Gasteiger partial charge in [0.05, 0.1) is 12.8 Å². The van der Waals surface area contributed by atoms with Crippen LogP contribution in [0.25, 0.3) is 16.8 Å². The van der Waals surface area contributed by atoms with E-state index in [0.29, 0.717) is 23.0 Å². The van der Waals surface area contributed by atoms with E-state index in [2.05, 4.69) is 23.3 Å². The lowest BCUT2D eigenvalue weighted by molar-refractivity contribution is -0.122. The van der Waals surface area contributed by atoms with Crippen LogP contribution in [0.4, 0.5) is 0 Å². The second-order valence-corrected chi connectivity index (χ2v) is 10.3. The van der Waals surface area contributed by atoms with Crippen molar-refractivity contribution in [1.82, 2.24) is 19.2 Å². The Morgan fingerprint density at radius 2 is 2.00 bits per heavy atom. The molecule has 1 aliphatic heterocycles. The molecule has 0 spiro atoms. The van der Waals surface area contributed by atoms with Gasteiger partial charge in [-0.25, -0.2) is 0 Å². The lowest BCUT2D eigenvalue weighted by atomic mass is 10.0. The van der Waals surface area contributed by atoms with E-state index >= 15 is 0 Å². The largest absolute Gasteiger partial charge is 0.497 e. The fourth-order valence-electron chi connectivity index (χ4n) is 5.22. The first-order valence-electron chi connectivity index (χ1n) is 13.3. The Bertz CT molecular complexity index is 1240. The molecule has 0 bridgehead atoms. The van der Waals surface area contributed by atoms with Crippen LogP contribution in [-0.2, 0) is 17.8 Å².